The van der Waals surface area contributed by atoms with E-state index in [0.717, 1.165) is 20.5 Å². The van der Waals surface area contributed by atoms with Gasteiger partial charge in [0.25, 0.3) is 0 Å². The first-order valence-electron chi connectivity index (χ1n) is 8.60. The van der Waals surface area contributed by atoms with Crippen LogP contribution in [-0.4, -0.2) is 29.8 Å². The van der Waals surface area contributed by atoms with E-state index in [-0.39, 0.29) is 36.1 Å². The molecule has 0 saturated heterocycles. The molecule has 0 radical (unpaired) electrons. The summed E-state index contributed by atoms with van der Waals surface area (Å²) in [6.45, 7) is 0.401. The van der Waals surface area contributed by atoms with Gasteiger partial charge in [0, 0.05) is 35.3 Å². The fraction of sp³-hybridized carbons (Fsp3) is 0.250. The molecule has 1 aromatic heterocycles. The predicted molar refractivity (Wildman–Crippen MR) is 123 cm³/mol. The lowest BCUT2D eigenvalue weighted by atomic mass is 10.1. The van der Waals surface area contributed by atoms with Gasteiger partial charge in [-0.25, -0.2) is 4.39 Å². The van der Waals surface area contributed by atoms with Crippen molar-refractivity contribution in [3.8, 4) is 0 Å². The maximum atomic E-state index is 13.4. The van der Waals surface area contributed by atoms with E-state index in [1.807, 2.05) is 30.3 Å². The molecule has 3 aromatic rings. The van der Waals surface area contributed by atoms with E-state index in [9.17, 15) is 9.50 Å². The van der Waals surface area contributed by atoms with Crippen LogP contribution in [0.4, 0.5) is 4.39 Å². The molecule has 0 aliphatic carbocycles. The van der Waals surface area contributed by atoms with Crippen molar-refractivity contribution in [1.29, 1.82) is 0 Å². The van der Waals surface area contributed by atoms with Crippen LogP contribution >= 0.6 is 35.3 Å². The number of hydrogen-bond acceptors (Lipinski definition) is 4. The van der Waals surface area contributed by atoms with E-state index in [4.69, 9.17) is 5.11 Å². The van der Waals surface area contributed by atoms with Crippen molar-refractivity contribution in [2.45, 2.75) is 19.3 Å². The molecule has 0 saturated carbocycles. The van der Waals surface area contributed by atoms with Crippen molar-refractivity contribution in [2.24, 2.45) is 4.99 Å². The van der Waals surface area contributed by atoms with Crippen LogP contribution in [0, 0.1) is 5.82 Å². The molecule has 0 aliphatic heterocycles. The van der Waals surface area contributed by atoms with Gasteiger partial charge >= 0.3 is 0 Å². The highest BCUT2D eigenvalue weighted by atomic mass is 127. The van der Waals surface area contributed by atoms with E-state index >= 15 is 0 Å². The fourth-order valence-electron chi connectivity index (χ4n) is 2.73. The molecule has 0 spiro atoms. The number of aliphatic imine (C=N–C) groups is 1. The smallest absolute Gasteiger partial charge is 0.191 e. The SMILES string of the molecule is CN=C(NCc1ccc(F)c(CO)c1)NCC(O)c1cc2ccccc2s1.I. The van der Waals surface area contributed by atoms with Crippen LogP contribution in [0.2, 0.25) is 0 Å². The Morgan fingerprint density at radius 1 is 1.18 bits per heavy atom. The average Bonchev–Trinajstić information content (AvgIpc) is 3.13. The molecule has 1 unspecified atom stereocenters. The molecule has 0 bridgehead atoms. The summed E-state index contributed by atoms with van der Waals surface area (Å²) in [5.41, 5.74) is 1.09. The summed E-state index contributed by atoms with van der Waals surface area (Å²) in [6.07, 6.45) is -0.646. The van der Waals surface area contributed by atoms with Gasteiger partial charge in [0.1, 0.15) is 11.9 Å². The number of rotatable bonds is 6. The highest BCUT2D eigenvalue weighted by Crippen LogP contribution is 2.29. The normalized spacial score (nSPS) is 12.5. The Morgan fingerprint density at radius 3 is 2.68 bits per heavy atom. The summed E-state index contributed by atoms with van der Waals surface area (Å²) in [5.74, 6) is 0.111. The van der Waals surface area contributed by atoms with Gasteiger partial charge in [-0.3, -0.25) is 4.99 Å². The monoisotopic (exact) mass is 515 g/mol. The minimum Gasteiger partial charge on any atom is -0.392 e. The second-order valence-electron chi connectivity index (χ2n) is 6.09. The zero-order chi connectivity index (χ0) is 19.2. The van der Waals surface area contributed by atoms with Crippen LogP contribution in [0.3, 0.4) is 0 Å². The maximum absolute atomic E-state index is 13.4. The van der Waals surface area contributed by atoms with Gasteiger partial charge in [-0.2, -0.15) is 0 Å². The quantitative estimate of drug-likeness (QED) is 0.230. The highest BCUT2D eigenvalue weighted by Gasteiger charge is 2.12. The van der Waals surface area contributed by atoms with Gasteiger partial charge in [0.2, 0.25) is 0 Å². The summed E-state index contributed by atoms with van der Waals surface area (Å²) in [6, 6.07) is 14.6. The molecule has 150 valence electrons. The number of nitrogens with one attached hydrogen (secondary N) is 2. The Morgan fingerprint density at radius 2 is 1.96 bits per heavy atom. The van der Waals surface area contributed by atoms with Gasteiger partial charge in [-0.1, -0.05) is 24.3 Å². The molecule has 3 rings (SSSR count). The summed E-state index contributed by atoms with van der Waals surface area (Å²) < 4.78 is 14.6. The standard InChI is InChI=1S/C20H22FN3O2S.HI/c1-22-20(23-10-13-6-7-16(21)15(8-13)12-25)24-11-17(26)19-9-14-4-2-3-5-18(14)27-19;/h2-9,17,25-26H,10-12H2,1H3,(H2,22,23,24);1H. The molecule has 0 aliphatic rings. The lowest BCUT2D eigenvalue weighted by Crippen LogP contribution is -2.38. The van der Waals surface area contributed by atoms with Gasteiger partial charge in [0.15, 0.2) is 5.96 Å². The molecular weight excluding hydrogens is 492 g/mol. The van der Waals surface area contributed by atoms with Crippen LogP contribution in [0.25, 0.3) is 10.1 Å². The lowest BCUT2D eigenvalue weighted by Gasteiger charge is -2.15. The third-order valence-electron chi connectivity index (χ3n) is 4.20. The summed E-state index contributed by atoms with van der Waals surface area (Å²) >= 11 is 1.57. The number of thiophene rings is 1. The second-order valence-corrected chi connectivity index (χ2v) is 7.21. The van der Waals surface area contributed by atoms with Crippen molar-refractivity contribution in [1.82, 2.24) is 10.6 Å². The van der Waals surface area contributed by atoms with Crippen LogP contribution in [-0.2, 0) is 13.2 Å². The number of aliphatic hydroxyl groups excluding tert-OH is 2. The molecule has 1 atom stereocenters. The zero-order valence-corrected chi connectivity index (χ0v) is 18.5. The first kappa shape index (κ1) is 22.5. The number of benzene rings is 2. The third kappa shape index (κ3) is 5.63. The third-order valence-corrected chi connectivity index (χ3v) is 5.42. The zero-order valence-electron chi connectivity index (χ0n) is 15.4. The average molecular weight is 515 g/mol. The number of fused-ring (bicyclic) bond motifs is 1. The van der Waals surface area contributed by atoms with Gasteiger partial charge < -0.3 is 20.8 Å². The minimum absolute atomic E-state index is 0. The molecule has 2 aromatic carbocycles. The first-order chi connectivity index (χ1) is 13.1. The fourth-order valence-corrected chi connectivity index (χ4v) is 3.78. The van der Waals surface area contributed by atoms with E-state index in [2.05, 4.69) is 15.6 Å². The van der Waals surface area contributed by atoms with Crippen LogP contribution in [0.5, 0.6) is 0 Å². The second kappa shape index (κ2) is 10.7. The first-order valence-corrected chi connectivity index (χ1v) is 9.41. The van der Waals surface area contributed by atoms with Gasteiger partial charge in [-0.15, -0.1) is 35.3 Å². The molecule has 5 nitrogen and oxygen atoms in total. The van der Waals surface area contributed by atoms with Crippen LogP contribution < -0.4 is 10.6 Å². The maximum Gasteiger partial charge on any atom is 0.191 e. The summed E-state index contributed by atoms with van der Waals surface area (Å²) in [5, 5.41) is 26.9. The van der Waals surface area contributed by atoms with Crippen molar-refractivity contribution in [2.75, 3.05) is 13.6 Å². The van der Waals surface area contributed by atoms with Crippen LogP contribution in [0.1, 0.15) is 22.1 Å². The number of halogens is 2. The van der Waals surface area contributed by atoms with E-state index in [1.165, 1.54) is 6.07 Å². The van der Waals surface area contributed by atoms with Crippen molar-refractivity contribution in [3.05, 3.63) is 70.4 Å². The highest BCUT2D eigenvalue weighted by molar-refractivity contribution is 14.0. The lowest BCUT2D eigenvalue weighted by molar-refractivity contribution is 0.184. The van der Waals surface area contributed by atoms with Crippen molar-refractivity contribution in [3.63, 3.8) is 0 Å². The summed E-state index contributed by atoms with van der Waals surface area (Å²) in [7, 11) is 1.64. The Hall–Kier alpha value is -1.75. The number of hydrogen-bond donors (Lipinski definition) is 4. The molecule has 8 heteroatoms. The Bertz CT molecular complexity index is 915. The van der Waals surface area contributed by atoms with Crippen LogP contribution in [0.15, 0.2) is 53.5 Å². The van der Waals surface area contributed by atoms with E-state index in [0.29, 0.717) is 19.0 Å². The van der Waals surface area contributed by atoms with Gasteiger partial charge in [-0.05, 0) is 35.2 Å². The predicted octanol–water partition coefficient (Wildman–Crippen LogP) is 3.55. The summed E-state index contributed by atoms with van der Waals surface area (Å²) in [4.78, 5) is 5.03. The molecule has 4 N–H and O–H groups in total. The molecule has 28 heavy (non-hydrogen) atoms. The van der Waals surface area contributed by atoms with E-state index in [1.54, 1.807) is 30.5 Å². The molecule has 1 heterocycles. The molecule has 0 fully saturated rings. The Kier molecular flexibility index (Phi) is 8.61. The largest absolute Gasteiger partial charge is 0.392 e. The number of nitrogens with zero attached hydrogens (tertiary/aromatic N) is 1. The minimum atomic E-state index is -0.646. The number of guanidine groups is 1. The Balaban J connectivity index is 0.00000280. The van der Waals surface area contributed by atoms with Crippen molar-refractivity contribution >= 4 is 51.4 Å². The van der Waals surface area contributed by atoms with Crippen molar-refractivity contribution < 1.29 is 14.6 Å². The molecule has 0 amide bonds. The Labute approximate surface area is 184 Å². The van der Waals surface area contributed by atoms with E-state index < -0.39 is 11.9 Å². The number of aliphatic hydroxyl groups is 2. The topological polar surface area (TPSA) is 76.9 Å². The molecular formula is C20H23FIN3O2S. The van der Waals surface area contributed by atoms with Gasteiger partial charge in [0.05, 0.1) is 6.61 Å².